The molecule has 1 heterocycles. The van der Waals surface area contributed by atoms with Crippen molar-refractivity contribution in [1.82, 2.24) is 9.97 Å². The first-order valence-electron chi connectivity index (χ1n) is 3.72. The summed E-state index contributed by atoms with van der Waals surface area (Å²) >= 11 is 0. The number of rotatable bonds is 2. The Balaban J connectivity index is 2.83. The van der Waals surface area contributed by atoms with Gasteiger partial charge in [0.1, 0.15) is 0 Å². The van der Waals surface area contributed by atoms with Crippen LogP contribution in [0.5, 0.6) is 0 Å². The van der Waals surface area contributed by atoms with E-state index in [-0.39, 0.29) is 0 Å². The fourth-order valence-corrected chi connectivity index (χ4v) is 0.761. The van der Waals surface area contributed by atoms with Gasteiger partial charge in [0.25, 0.3) is 0 Å². The Labute approximate surface area is 67.1 Å². The van der Waals surface area contributed by atoms with Crippen molar-refractivity contribution >= 4 is 5.95 Å². The Morgan fingerprint density at radius 2 is 1.82 bits per heavy atom. The smallest absolute Gasteiger partial charge is 0.224 e. The van der Waals surface area contributed by atoms with E-state index in [9.17, 15) is 0 Å². The zero-order valence-electron chi connectivity index (χ0n) is 7.20. The maximum Gasteiger partial charge on any atom is 0.224 e. The van der Waals surface area contributed by atoms with Crippen LogP contribution in [-0.2, 0) is 6.42 Å². The summed E-state index contributed by atoms with van der Waals surface area (Å²) in [7, 11) is 3.86. The molecule has 3 heteroatoms. The largest absolute Gasteiger partial charge is 0.347 e. The van der Waals surface area contributed by atoms with E-state index in [1.807, 2.05) is 31.4 Å². The van der Waals surface area contributed by atoms with Crippen LogP contribution >= 0.6 is 0 Å². The molecule has 0 fully saturated rings. The predicted molar refractivity (Wildman–Crippen MR) is 45.7 cm³/mol. The van der Waals surface area contributed by atoms with Crippen LogP contribution in [0.4, 0.5) is 5.95 Å². The Hall–Kier alpha value is -1.12. The molecule has 60 valence electrons. The molecule has 0 aliphatic carbocycles. The molecule has 1 rings (SSSR count). The van der Waals surface area contributed by atoms with Crippen LogP contribution in [0, 0.1) is 0 Å². The minimum absolute atomic E-state index is 0.766. The SMILES string of the molecule is CCc1cnc(N(C)C)nc1. The van der Waals surface area contributed by atoms with Crippen LogP contribution in [0.1, 0.15) is 12.5 Å². The van der Waals surface area contributed by atoms with Crippen molar-refractivity contribution in [3.8, 4) is 0 Å². The lowest BCUT2D eigenvalue weighted by molar-refractivity contribution is 0.968. The van der Waals surface area contributed by atoms with Gasteiger partial charge >= 0.3 is 0 Å². The summed E-state index contributed by atoms with van der Waals surface area (Å²) in [5, 5.41) is 0. The molecule has 0 atom stereocenters. The van der Waals surface area contributed by atoms with E-state index in [4.69, 9.17) is 0 Å². The molecule has 0 N–H and O–H groups in total. The van der Waals surface area contributed by atoms with Gasteiger partial charge in [0.05, 0.1) is 0 Å². The highest BCUT2D eigenvalue weighted by Gasteiger charge is 1.96. The highest BCUT2D eigenvalue weighted by atomic mass is 15.2. The first kappa shape index (κ1) is 7.98. The van der Waals surface area contributed by atoms with Gasteiger partial charge in [-0.3, -0.25) is 0 Å². The van der Waals surface area contributed by atoms with Gasteiger partial charge in [-0.05, 0) is 12.0 Å². The number of hydrogen-bond acceptors (Lipinski definition) is 3. The maximum atomic E-state index is 4.16. The first-order valence-corrected chi connectivity index (χ1v) is 3.72. The molecule has 11 heavy (non-hydrogen) atoms. The van der Waals surface area contributed by atoms with Crippen LogP contribution < -0.4 is 4.90 Å². The lowest BCUT2D eigenvalue weighted by Gasteiger charge is -2.08. The highest BCUT2D eigenvalue weighted by molar-refractivity contribution is 5.26. The second kappa shape index (κ2) is 3.32. The average molecular weight is 151 g/mol. The molecule has 0 aromatic carbocycles. The van der Waals surface area contributed by atoms with E-state index in [1.54, 1.807) is 0 Å². The van der Waals surface area contributed by atoms with E-state index in [0.29, 0.717) is 0 Å². The molecule has 0 radical (unpaired) electrons. The second-order valence-corrected chi connectivity index (χ2v) is 2.64. The number of aryl methyl sites for hydroxylation is 1. The van der Waals surface area contributed by atoms with Crippen molar-refractivity contribution in [2.75, 3.05) is 19.0 Å². The monoisotopic (exact) mass is 151 g/mol. The van der Waals surface area contributed by atoms with Crippen LogP contribution in [0.3, 0.4) is 0 Å². The van der Waals surface area contributed by atoms with Crippen LogP contribution in [-0.4, -0.2) is 24.1 Å². The number of nitrogens with zero attached hydrogens (tertiary/aromatic N) is 3. The summed E-state index contributed by atoms with van der Waals surface area (Å²) in [6.45, 7) is 2.09. The predicted octanol–water partition coefficient (Wildman–Crippen LogP) is 1.10. The molecule has 0 aliphatic rings. The Morgan fingerprint density at radius 3 is 2.18 bits per heavy atom. The van der Waals surface area contributed by atoms with E-state index in [0.717, 1.165) is 12.4 Å². The molecule has 1 aromatic rings. The molecule has 0 saturated heterocycles. The van der Waals surface area contributed by atoms with Crippen LogP contribution in [0.25, 0.3) is 0 Å². The fraction of sp³-hybridized carbons (Fsp3) is 0.500. The molecular weight excluding hydrogens is 138 g/mol. The van der Waals surface area contributed by atoms with Crippen LogP contribution in [0.15, 0.2) is 12.4 Å². The quantitative estimate of drug-likeness (QED) is 0.634. The molecule has 0 aliphatic heterocycles. The molecule has 3 nitrogen and oxygen atoms in total. The summed E-state index contributed by atoms with van der Waals surface area (Å²) < 4.78 is 0. The van der Waals surface area contributed by atoms with Crippen molar-refractivity contribution in [2.24, 2.45) is 0 Å². The van der Waals surface area contributed by atoms with Crippen molar-refractivity contribution in [3.05, 3.63) is 18.0 Å². The Bertz CT molecular complexity index is 215. The number of anilines is 1. The zero-order chi connectivity index (χ0) is 8.27. The zero-order valence-corrected chi connectivity index (χ0v) is 7.20. The summed E-state index contributed by atoms with van der Waals surface area (Å²) in [4.78, 5) is 10.2. The summed E-state index contributed by atoms with van der Waals surface area (Å²) in [6, 6.07) is 0. The lowest BCUT2D eigenvalue weighted by Crippen LogP contribution is -2.12. The van der Waals surface area contributed by atoms with E-state index >= 15 is 0 Å². The highest BCUT2D eigenvalue weighted by Crippen LogP contribution is 2.02. The van der Waals surface area contributed by atoms with Gasteiger partial charge in [-0.25, -0.2) is 9.97 Å². The minimum atomic E-state index is 0.766. The molecule has 0 spiro atoms. The summed E-state index contributed by atoms with van der Waals surface area (Å²) in [5.41, 5.74) is 1.18. The molecule has 0 unspecified atom stereocenters. The van der Waals surface area contributed by atoms with E-state index < -0.39 is 0 Å². The van der Waals surface area contributed by atoms with Crippen molar-refractivity contribution in [2.45, 2.75) is 13.3 Å². The van der Waals surface area contributed by atoms with Gasteiger partial charge in [0.15, 0.2) is 0 Å². The topological polar surface area (TPSA) is 29.0 Å². The molecule has 0 bridgehead atoms. The second-order valence-electron chi connectivity index (χ2n) is 2.64. The normalized spacial score (nSPS) is 9.73. The molecule has 0 amide bonds. The molecule has 0 saturated carbocycles. The summed E-state index contributed by atoms with van der Waals surface area (Å²) in [6.07, 6.45) is 4.72. The molecule has 1 aromatic heterocycles. The molecular formula is C8H13N3. The maximum absolute atomic E-state index is 4.16. The van der Waals surface area contributed by atoms with Crippen molar-refractivity contribution in [3.63, 3.8) is 0 Å². The van der Waals surface area contributed by atoms with Crippen LogP contribution in [0.2, 0.25) is 0 Å². The van der Waals surface area contributed by atoms with E-state index in [2.05, 4.69) is 16.9 Å². The number of aromatic nitrogens is 2. The third-order valence-corrected chi connectivity index (χ3v) is 1.50. The van der Waals surface area contributed by atoms with Crippen molar-refractivity contribution in [1.29, 1.82) is 0 Å². The number of hydrogen-bond donors (Lipinski definition) is 0. The van der Waals surface area contributed by atoms with Gasteiger partial charge in [-0.2, -0.15) is 0 Å². The summed E-state index contributed by atoms with van der Waals surface area (Å²) in [5.74, 6) is 0.766. The van der Waals surface area contributed by atoms with Gasteiger partial charge in [0.2, 0.25) is 5.95 Å². The average Bonchev–Trinajstić information content (AvgIpc) is 2.05. The Morgan fingerprint density at radius 1 is 1.27 bits per heavy atom. The van der Waals surface area contributed by atoms with Crippen molar-refractivity contribution < 1.29 is 0 Å². The Kier molecular flexibility index (Phi) is 2.41. The third-order valence-electron chi connectivity index (χ3n) is 1.50. The lowest BCUT2D eigenvalue weighted by atomic mass is 10.3. The standard InChI is InChI=1S/C8H13N3/c1-4-7-5-9-8(10-6-7)11(2)3/h5-6H,4H2,1-3H3. The van der Waals surface area contributed by atoms with Gasteiger partial charge in [0, 0.05) is 26.5 Å². The first-order chi connectivity index (χ1) is 5.24. The van der Waals surface area contributed by atoms with Gasteiger partial charge in [-0.15, -0.1) is 0 Å². The minimum Gasteiger partial charge on any atom is -0.347 e. The fourth-order valence-electron chi connectivity index (χ4n) is 0.761. The van der Waals surface area contributed by atoms with Gasteiger partial charge < -0.3 is 4.90 Å². The van der Waals surface area contributed by atoms with Gasteiger partial charge in [-0.1, -0.05) is 6.92 Å². The van der Waals surface area contributed by atoms with E-state index in [1.165, 1.54) is 5.56 Å². The third kappa shape index (κ3) is 1.90.